The van der Waals surface area contributed by atoms with Gasteiger partial charge in [0.1, 0.15) is 5.75 Å². The molecule has 1 N–H and O–H groups in total. The molecule has 1 aliphatic heterocycles. The van der Waals surface area contributed by atoms with Gasteiger partial charge in [-0.3, -0.25) is 14.4 Å². The lowest BCUT2D eigenvalue weighted by Gasteiger charge is -2.43. The Morgan fingerprint density at radius 2 is 1.55 bits per heavy atom. The highest BCUT2D eigenvalue weighted by Crippen LogP contribution is 2.30. The van der Waals surface area contributed by atoms with Gasteiger partial charge in [-0.2, -0.15) is 0 Å². The maximum absolute atomic E-state index is 11.7. The zero-order valence-electron chi connectivity index (χ0n) is 18.4. The van der Waals surface area contributed by atoms with Crippen molar-refractivity contribution < 1.29 is 42.8 Å². The molecular formula is C21H24N2O9S. The molecule has 178 valence electrons. The number of carbonyl (C=O) groups excluding carboxylic acids is 3. The summed E-state index contributed by atoms with van der Waals surface area (Å²) in [6, 6.07) is 6.75. The molecule has 1 saturated heterocycles. The van der Waals surface area contributed by atoms with Gasteiger partial charge in [0.25, 0.3) is 11.4 Å². The predicted octanol–water partition coefficient (Wildman–Crippen LogP) is 1.48. The lowest BCUT2D eigenvalue weighted by molar-refractivity contribution is -0.280. The number of thiocarbonyl (C=S) groups is 1. The van der Waals surface area contributed by atoms with Crippen LogP contribution in [0, 0.1) is 11.5 Å². The van der Waals surface area contributed by atoms with Gasteiger partial charge in [-0.05, 0) is 36.8 Å². The van der Waals surface area contributed by atoms with Crippen LogP contribution in [-0.4, -0.2) is 53.8 Å². The number of carbonyl (C=O) groups is 3. The van der Waals surface area contributed by atoms with Crippen LogP contribution in [0.4, 0.5) is 0 Å². The topological polar surface area (TPSA) is 142 Å². The van der Waals surface area contributed by atoms with Crippen molar-refractivity contribution >= 4 is 35.3 Å². The van der Waals surface area contributed by atoms with Gasteiger partial charge >= 0.3 is 17.9 Å². The van der Waals surface area contributed by atoms with Crippen molar-refractivity contribution in [2.45, 2.75) is 64.9 Å². The van der Waals surface area contributed by atoms with Crippen molar-refractivity contribution in [1.82, 2.24) is 5.32 Å². The fraction of sp³-hybridized carbons (Fsp3) is 0.476. The van der Waals surface area contributed by atoms with Gasteiger partial charge in [0, 0.05) is 27.3 Å². The number of hydrogen-bond donors (Lipinski definition) is 1. The van der Waals surface area contributed by atoms with Crippen molar-refractivity contribution in [3.05, 3.63) is 29.8 Å². The summed E-state index contributed by atoms with van der Waals surface area (Å²) in [6.07, 6.45) is -3.77. The molecule has 1 fully saturated rings. The Morgan fingerprint density at radius 3 is 2.09 bits per heavy atom. The number of benzene rings is 1. The normalized spacial score (nSPS) is 23.9. The monoisotopic (exact) mass is 480 g/mol. The van der Waals surface area contributed by atoms with E-state index in [0.717, 1.165) is 5.56 Å². The second kappa shape index (κ2) is 12.0. The Balaban J connectivity index is 2.20. The van der Waals surface area contributed by atoms with E-state index in [1.807, 2.05) is 0 Å². The van der Waals surface area contributed by atoms with Crippen LogP contribution < -0.4 is 10.1 Å². The third-order valence-electron chi connectivity index (χ3n) is 4.38. The molecule has 12 heteroatoms. The number of esters is 3. The van der Waals surface area contributed by atoms with E-state index in [4.69, 9.17) is 41.2 Å². The maximum Gasteiger partial charge on any atom is 0.303 e. The molecule has 5 atom stereocenters. The number of nitriles is 1. The summed E-state index contributed by atoms with van der Waals surface area (Å²) in [7, 11) is 0. The largest absolute Gasteiger partial charge is 0.461 e. The first-order valence-electron chi connectivity index (χ1n) is 9.87. The summed E-state index contributed by atoms with van der Waals surface area (Å²) in [6.45, 7) is 5.50. The van der Waals surface area contributed by atoms with Gasteiger partial charge in [0.15, 0.2) is 12.2 Å². The molecule has 0 bridgehead atoms. The molecule has 1 aromatic carbocycles. The first-order valence-corrected chi connectivity index (χ1v) is 10.3. The van der Waals surface area contributed by atoms with Gasteiger partial charge in [-0.1, -0.05) is 12.1 Å². The Kier molecular flexibility index (Phi) is 9.38. The van der Waals surface area contributed by atoms with Crippen LogP contribution in [-0.2, 0) is 44.6 Å². The lowest BCUT2D eigenvalue weighted by atomic mass is 9.99. The Hall–Kier alpha value is -3.43. The van der Waals surface area contributed by atoms with E-state index in [0.29, 0.717) is 12.3 Å². The number of nitrogens with zero attached hydrogens (tertiary/aromatic N) is 1. The van der Waals surface area contributed by atoms with Gasteiger partial charge < -0.3 is 33.7 Å². The van der Waals surface area contributed by atoms with Gasteiger partial charge in [-0.25, -0.2) is 0 Å². The van der Waals surface area contributed by atoms with E-state index in [-0.39, 0.29) is 5.17 Å². The molecule has 0 unspecified atom stereocenters. The highest BCUT2D eigenvalue weighted by atomic mass is 32.1. The first kappa shape index (κ1) is 25.8. The van der Waals surface area contributed by atoms with Crippen molar-refractivity contribution in [1.29, 1.82) is 5.26 Å². The molecule has 1 aliphatic rings. The summed E-state index contributed by atoms with van der Waals surface area (Å²) in [4.78, 5) is 35.0. The van der Waals surface area contributed by atoms with Crippen LogP contribution in [0.5, 0.6) is 5.75 Å². The fourth-order valence-corrected chi connectivity index (χ4v) is 3.25. The SMILES string of the molecule is CC(=O)O[C@@H]1[C@@H](OC(C)=O)[C@H](C)O[C@@H](Oc2ccc(CNC(=S)OC#N)cc2)[C@@H]1OC(C)=O. The van der Waals surface area contributed by atoms with Crippen LogP contribution in [0.3, 0.4) is 0 Å². The van der Waals surface area contributed by atoms with Gasteiger partial charge in [0.2, 0.25) is 12.4 Å². The average molecular weight is 480 g/mol. The minimum absolute atomic E-state index is 0.0505. The van der Waals surface area contributed by atoms with E-state index >= 15 is 0 Å². The average Bonchev–Trinajstić information content (AvgIpc) is 2.72. The summed E-state index contributed by atoms with van der Waals surface area (Å²) < 4.78 is 32.1. The molecule has 0 aromatic heterocycles. The van der Waals surface area contributed by atoms with E-state index in [1.165, 1.54) is 27.0 Å². The molecule has 0 spiro atoms. The quantitative estimate of drug-likeness (QED) is 0.261. The molecule has 0 aliphatic carbocycles. The molecule has 0 radical (unpaired) electrons. The molecule has 1 heterocycles. The summed E-state index contributed by atoms with van der Waals surface area (Å²) in [5, 5.41) is 11.1. The minimum Gasteiger partial charge on any atom is -0.461 e. The van der Waals surface area contributed by atoms with Crippen molar-refractivity contribution in [3.8, 4) is 12.0 Å². The van der Waals surface area contributed by atoms with E-state index in [9.17, 15) is 14.4 Å². The van der Waals surface area contributed by atoms with E-state index in [1.54, 1.807) is 31.2 Å². The first-order chi connectivity index (χ1) is 15.6. The molecule has 0 amide bonds. The molecule has 11 nitrogen and oxygen atoms in total. The number of ether oxygens (including phenoxy) is 6. The Morgan fingerprint density at radius 1 is 1.00 bits per heavy atom. The molecule has 33 heavy (non-hydrogen) atoms. The van der Waals surface area contributed by atoms with Crippen LogP contribution in [0.15, 0.2) is 24.3 Å². The second-order valence-corrected chi connectivity index (χ2v) is 7.40. The van der Waals surface area contributed by atoms with Gasteiger partial charge in [0.05, 0.1) is 6.10 Å². The van der Waals surface area contributed by atoms with Crippen LogP contribution >= 0.6 is 12.2 Å². The number of hydrogen-bond acceptors (Lipinski definition) is 11. The highest BCUT2D eigenvalue weighted by molar-refractivity contribution is 7.80. The predicted molar refractivity (Wildman–Crippen MR) is 114 cm³/mol. The second-order valence-electron chi connectivity index (χ2n) is 7.03. The van der Waals surface area contributed by atoms with Crippen molar-refractivity contribution in [2.75, 3.05) is 0 Å². The van der Waals surface area contributed by atoms with Crippen molar-refractivity contribution in [2.24, 2.45) is 0 Å². The number of rotatable bonds is 7. The number of nitrogens with one attached hydrogen (secondary N) is 1. The smallest absolute Gasteiger partial charge is 0.303 e. The molecular weight excluding hydrogens is 456 g/mol. The summed E-state index contributed by atoms with van der Waals surface area (Å²) in [5.41, 5.74) is 0.813. The fourth-order valence-electron chi connectivity index (χ4n) is 3.14. The Labute approximate surface area is 195 Å². The molecule has 2 rings (SSSR count). The van der Waals surface area contributed by atoms with Crippen LogP contribution in [0.25, 0.3) is 0 Å². The highest BCUT2D eigenvalue weighted by Gasteiger charge is 2.51. The standard InChI is InChI=1S/C21H24N2O9S/c1-11-17(29-12(2)24)18(30-13(3)25)19(31-14(4)26)20(28-11)32-16-7-5-15(6-8-16)9-23-21(33)27-10-22/h5-8,11,17-20H,9H2,1-4H3,(H,23,33)/t11-,17-,18+,19+,20-/m0/s1. The van der Waals surface area contributed by atoms with Crippen LogP contribution in [0.2, 0.25) is 0 Å². The lowest BCUT2D eigenvalue weighted by Crippen LogP contribution is -2.62. The van der Waals surface area contributed by atoms with Crippen molar-refractivity contribution in [3.63, 3.8) is 0 Å². The summed E-state index contributed by atoms with van der Waals surface area (Å²) in [5.74, 6) is -1.56. The third-order valence-corrected chi connectivity index (χ3v) is 4.61. The zero-order valence-corrected chi connectivity index (χ0v) is 19.2. The molecule has 0 saturated carbocycles. The van der Waals surface area contributed by atoms with Gasteiger partial charge in [-0.15, -0.1) is 5.26 Å². The maximum atomic E-state index is 11.7. The zero-order chi connectivity index (χ0) is 24.5. The molecule has 1 aromatic rings. The van der Waals surface area contributed by atoms with E-state index in [2.05, 4.69) is 10.1 Å². The summed E-state index contributed by atoms with van der Waals surface area (Å²) >= 11 is 4.82. The Bertz CT molecular complexity index is 915. The minimum atomic E-state index is -1.20. The van der Waals surface area contributed by atoms with Crippen LogP contribution in [0.1, 0.15) is 33.3 Å². The van der Waals surface area contributed by atoms with E-state index < -0.39 is 48.6 Å². The third kappa shape index (κ3) is 7.89.